The minimum absolute atomic E-state index is 0.0817. The Morgan fingerprint density at radius 3 is 2.85 bits per heavy atom. The second kappa shape index (κ2) is 10.2. The largest absolute Gasteiger partial charge is 0.493 e. The predicted molar refractivity (Wildman–Crippen MR) is 129 cm³/mol. The molecule has 3 heterocycles. The average molecular weight is 472 g/mol. The Labute approximate surface area is 196 Å². The molecule has 33 heavy (non-hydrogen) atoms. The average Bonchev–Trinajstić information content (AvgIpc) is 3.26. The number of rotatable bonds is 8. The van der Waals surface area contributed by atoms with Gasteiger partial charge >= 0.3 is 0 Å². The first-order valence-electron chi connectivity index (χ1n) is 11.1. The number of ether oxygens (including phenoxy) is 2. The Hall–Kier alpha value is -3.14. The zero-order valence-electron chi connectivity index (χ0n) is 19.2. The van der Waals surface area contributed by atoms with Gasteiger partial charge in [0.1, 0.15) is 17.6 Å². The maximum Gasteiger partial charge on any atom is 0.273 e. The molecule has 1 saturated heterocycles. The van der Waals surface area contributed by atoms with Crippen molar-refractivity contribution in [3.05, 3.63) is 40.4 Å². The first kappa shape index (κ1) is 23.0. The molecule has 9 nitrogen and oxygen atoms in total. The van der Waals surface area contributed by atoms with Crippen LogP contribution in [0.4, 0.5) is 5.13 Å². The van der Waals surface area contributed by atoms with Crippen LogP contribution in [0.1, 0.15) is 25.3 Å². The lowest BCUT2D eigenvalue weighted by molar-refractivity contribution is -0.121. The van der Waals surface area contributed by atoms with Crippen molar-refractivity contribution in [3.8, 4) is 11.5 Å². The van der Waals surface area contributed by atoms with Gasteiger partial charge in [0.15, 0.2) is 22.3 Å². The van der Waals surface area contributed by atoms with E-state index in [4.69, 9.17) is 9.47 Å². The molecular formula is C23H29N5O4S. The summed E-state index contributed by atoms with van der Waals surface area (Å²) in [6, 6.07) is 5.66. The number of amides is 1. The van der Waals surface area contributed by atoms with Gasteiger partial charge in [-0.2, -0.15) is 4.98 Å². The van der Waals surface area contributed by atoms with E-state index >= 15 is 0 Å². The van der Waals surface area contributed by atoms with E-state index in [0.717, 1.165) is 30.2 Å². The highest BCUT2D eigenvalue weighted by molar-refractivity contribution is 7.22. The summed E-state index contributed by atoms with van der Waals surface area (Å²) in [7, 11) is 3.18. The number of carbonyl (C=O) groups is 1. The highest BCUT2D eigenvalue weighted by Crippen LogP contribution is 2.29. The number of carbonyl (C=O) groups excluding carboxylic acids is 1. The molecule has 0 bridgehead atoms. The zero-order valence-corrected chi connectivity index (χ0v) is 20.0. The number of fused-ring (bicyclic) bond motifs is 1. The molecule has 1 N–H and O–H groups in total. The molecule has 1 fully saturated rings. The summed E-state index contributed by atoms with van der Waals surface area (Å²) in [6.45, 7) is 4.48. The van der Waals surface area contributed by atoms with Crippen LogP contribution in [0.15, 0.2) is 29.3 Å². The van der Waals surface area contributed by atoms with Gasteiger partial charge < -0.3 is 19.7 Å². The number of hydrogen-bond donors (Lipinski definition) is 1. The third-order valence-corrected chi connectivity index (χ3v) is 6.89. The fourth-order valence-corrected chi connectivity index (χ4v) is 5.04. The number of nitrogens with one attached hydrogen (secondary N) is 1. The number of benzene rings is 1. The third-order valence-electron chi connectivity index (χ3n) is 5.80. The van der Waals surface area contributed by atoms with Gasteiger partial charge in [0.25, 0.3) is 5.56 Å². The molecule has 1 aromatic carbocycles. The van der Waals surface area contributed by atoms with Crippen LogP contribution in [0.3, 0.4) is 0 Å². The van der Waals surface area contributed by atoms with Crippen LogP contribution in [0.2, 0.25) is 0 Å². The summed E-state index contributed by atoms with van der Waals surface area (Å²) in [5, 5.41) is 3.70. The quantitative estimate of drug-likeness (QED) is 0.539. The van der Waals surface area contributed by atoms with E-state index in [2.05, 4.69) is 27.1 Å². The van der Waals surface area contributed by atoms with E-state index in [1.807, 2.05) is 18.2 Å². The van der Waals surface area contributed by atoms with E-state index in [1.54, 1.807) is 14.2 Å². The molecule has 176 valence electrons. The molecule has 4 rings (SSSR count). The van der Waals surface area contributed by atoms with Crippen molar-refractivity contribution in [1.82, 2.24) is 19.9 Å². The van der Waals surface area contributed by atoms with E-state index in [0.29, 0.717) is 40.7 Å². The first-order valence-corrected chi connectivity index (χ1v) is 11.9. The summed E-state index contributed by atoms with van der Waals surface area (Å²) >= 11 is 1.36. The Bertz CT molecular complexity index is 1190. The Balaban J connectivity index is 1.37. The van der Waals surface area contributed by atoms with Gasteiger partial charge in [-0.15, -0.1) is 0 Å². The molecule has 1 amide bonds. The Morgan fingerprint density at radius 1 is 1.27 bits per heavy atom. The molecule has 10 heteroatoms. The number of anilines is 1. The maximum atomic E-state index is 12.9. The lowest BCUT2D eigenvalue weighted by atomic mass is 10.0. The second-order valence-electron chi connectivity index (χ2n) is 8.31. The van der Waals surface area contributed by atoms with E-state index in [-0.39, 0.29) is 18.0 Å². The summed E-state index contributed by atoms with van der Waals surface area (Å²) in [6.07, 6.45) is 4.37. The standard InChI is InChI=1S/C23H29N5O4S/c1-15-5-4-10-27(12-15)23-26-21-20(33-23)22(30)28(14-25-21)13-19(29)24-9-8-16-6-7-17(31-2)18(11-16)32-3/h6-7,11,14-15H,4-5,8-10,12-13H2,1-3H3,(H,24,29)/t15-/m0/s1. The number of thiazole rings is 1. The van der Waals surface area contributed by atoms with Gasteiger partial charge in [-0.25, -0.2) is 4.98 Å². The fourth-order valence-electron chi connectivity index (χ4n) is 4.04. The lowest BCUT2D eigenvalue weighted by Crippen LogP contribution is -2.34. The number of nitrogens with zero attached hydrogens (tertiary/aromatic N) is 4. The van der Waals surface area contributed by atoms with Crippen molar-refractivity contribution in [2.75, 3.05) is 38.8 Å². The third kappa shape index (κ3) is 5.27. The van der Waals surface area contributed by atoms with Gasteiger partial charge in [0.05, 0.1) is 14.2 Å². The predicted octanol–water partition coefficient (Wildman–Crippen LogP) is 2.47. The summed E-state index contributed by atoms with van der Waals surface area (Å²) in [5.74, 6) is 1.68. The molecule has 2 aromatic heterocycles. The molecule has 1 aliphatic rings. The molecule has 0 aliphatic carbocycles. The first-order chi connectivity index (χ1) is 16.0. The molecule has 1 aliphatic heterocycles. The normalized spacial score (nSPS) is 16.1. The highest BCUT2D eigenvalue weighted by Gasteiger charge is 2.21. The maximum absolute atomic E-state index is 12.9. The minimum Gasteiger partial charge on any atom is -0.493 e. The van der Waals surface area contributed by atoms with Crippen LogP contribution in [-0.2, 0) is 17.8 Å². The summed E-state index contributed by atoms with van der Waals surface area (Å²) in [4.78, 5) is 36.5. The minimum atomic E-state index is -0.242. The smallest absolute Gasteiger partial charge is 0.273 e. The van der Waals surface area contributed by atoms with E-state index < -0.39 is 0 Å². The van der Waals surface area contributed by atoms with Crippen molar-refractivity contribution >= 4 is 32.7 Å². The summed E-state index contributed by atoms with van der Waals surface area (Å²) < 4.78 is 12.4. The molecule has 0 saturated carbocycles. The number of piperidine rings is 1. The topological polar surface area (TPSA) is 98.6 Å². The molecule has 0 unspecified atom stereocenters. The van der Waals surface area contributed by atoms with Crippen LogP contribution in [0, 0.1) is 5.92 Å². The number of methoxy groups -OCH3 is 2. The second-order valence-corrected chi connectivity index (χ2v) is 9.29. The van der Waals surface area contributed by atoms with Crippen molar-refractivity contribution in [1.29, 1.82) is 0 Å². The van der Waals surface area contributed by atoms with Crippen molar-refractivity contribution in [2.45, 2.75) is 32.7 Å². The van der Waals surface area contributed by atoms with Crippen LogP contribution in [0.5, 0.6) is 11.5 Å². The van der Waals surface area contributed by atoms with Crippen LogP contribution in [0.25, 0.3) is 10.3 Å². The highest BCUT2D eigenvalue weighted by atomic mass is 32.1. The molecule has 0 radical (unpaired) electrons. The Morgan fingerprint density at radius 2 is 2.09 bits per heavy atom. The van der Waals surface area contributed by atoms with Gasteiger partial charge in [0, 0.05) is 19.6 Å². The van der Waals surface area contributed by atoms with Crippen molar-refractivity contribution in [3.63, 3.8) is 0 Å². The van der Waals surface area contributed by atoms with E-state index in [1.165, 1.54) is 28.7 Å². The van der Waals surface area contributed by atoms with Crippen LogP contribution < -0.4 is 25.2 Å². The molecule has 3 aromatic rings. The molecule has 1 atom stereocenters. The van der Waals surface area contributed by atoms with Gasteiger partial charge in [-0.05, 0) is 42.9 Å². The van der Waals surface area contributed by atoms with E-state index in [9.17, 15) is 9.59 Å². The monoisotopic (exact) mass is 471 g/mol. The molecule has 0 spiro atoms. The fraction of sp³-hybridized carbons (Fsp3) is 0.478. The molecular weight excluding hydrogens is 442 g/mol. The number of hydrogen-bond acceptors (Lipinski definition) is 8. The summed E-state index contributed by atoms with van der Waals surface area (Å²) in [5.41, 5.74) is 1.23. The van der Waals surface area contributed by atoms with Crippen LogP contribution >= 0.6 is 11.3 Å². The van der Waals surface area contributed by atoms with Gasteiger partial charge in [0.2, 0.25) is 5.91 Å². The zero-order chi connectivity index (χ0) is 23.4. The Kier molecular flexibility index (Phi) is 7.12. The van der Waals surface area contributed by atoms with Gasteiger partial charge in [-0.1, -0.05) is 24.3 Å². The number of aromatic nitrogens is 3. The SMILES string of the molecule is COc1ccc(CCNC(=O)Cn2cnc3nc(N4CCC[C@H](C)C4)sc3c2=O)cc1OC. The van der Waals surface area contributed by atoms with Crippen LogP contribution in [-0.4, -0.2) is 54.3 Å². The van der Waals surface area contributed by atoms with Crippen molar-refractivity contribution in [2.24, 2.45) is 5.92 Å². The lowest BCUT2D eigenvalue weighted by Gasteiger charge is -2.30. The van der Waals surface area contributed by atoms with Gasteiger partial charge in [-0.3, -0.25) is 14.2 Å². The van der Waals surface area contributed by atoms with Crippen molar-refractivity contribution < 1.29 is 14.3 Å².